The van der Waals surface area contributed by atoms with E-state index in [2.05, 4.69) is 5.32 Å². The van der Waals surface area contributed by atoms with Crippen LogP contribution >= 0.6 is 0 Å². The van der Waals surface area contributed by atoms with Gasteiger partial charge in [-0.1, -0.05) is 12.1 Å². The highest BCUT2D eigenvalue weighted by Crippen LogP contribution is 2.37. The molecule has 1 amide bonds. The number of carbonyl (C=O) groups excluding carboxylic acids is 1. The Balaban J connectivity index is 1.37. The van der Waals surface area contributed by atoms with Crippen molar-refractivity contribution in [2.24, 2.45) is 5.92 Å². The van der Waals surface area contributed by atoms with Crippen LogP contribution in [0.2, 0.25) is 0 Å². The molecular weight excluding hydrogens is 364 g/mol. The zero-order valence-corrected chi connectivity index (χ0v) is 15.1. The zero-order valence-electron chi connectivity index (χ0n) is 15.1. The van der Waals surface area contributed by atoms with Gasteiger partial charge in [0.2, 0.25) is 5.91 Å². The Labute approximate surface area is 161 Å². The first kappa shape index (κ1) is 18.4. The highest BCUT2D eigenvalue weighted by atomic mass is 19.1. The van der Waals surface area contributed by atoms with E-state index >= 15 is 0 Å². The highest BCUT2D eigenvalue weighted by molar-refractivity contribution is 5.80. The van der Waals surface area contributed by atoms with Gasteiger partial charge in [0.25, 0.3) is 0 Å². The van der Waals surface area contributed by atoms with Crippen molar-refractivity contribution < 1.29 is 18.4 Å². The fourth-order valence-corrected chi connectivity index (χ4v) is 3.79. The predicted molar refractivity (Wildman–Crippen MR) is 97.8 cm³/mol. The van der Waals surface area contributed by atoms with Crippen molar-refractivity contribution in [1.29, 1.82) is 5.26 Å². The van der Waals surface area contributed by atoms with Crippen molar-refractivity contribution in [3.8, 4) is 6.07 Å². The van der Waals surface area contributed by atoms with Crippen molar-refractivity contribution in [2.45, 2.75) is 31.3 Å². The predicted octanol–water partition coefficient (Wildman–Crippen LogP) is 3.93. The molecule has 1 saturated heterocycles. The molecule has 0 radical (unpaired) electrons. The quantitative estimate of drug-likeness (QED) is 0.869. The van der Waals surface area contributed by atoms with Crippen LogP contribution in [-0.4, -0.2) is 23.6 Å². The van der Waals surface area contributed by atoms with Crippen molar-refractivity contribution in [1.82, 2.24) is 5.06 Å². The second kappa shape index (κ2) is 7.56. The summed E-state index contributed by atoms with van der Waals surface area (Å²) in [5.74, 6) is -1.12. The molecule has 1 heterocycles. The number of benzene rings is 2. The Bertz CT molecular complexity index is 937. The summed E-state index contributed by atoms with van der Waals surface area (Å²) in [5, 5.41) is 13.5. The Hall–Kier alpha value is -2.98. The van der Waals surface area contributed by atoms with Crippen molar-refractivity contribution in [2.75, 3.05) is 11.9 Å². The van der Waals surface area contributed by atoms with E-state index < -0.39 is 5.82 Å². The fourth-order valence-electron chi connectivity index (χ4n) is 3.79. The monoisotopic (exact) mass is 383 g/mol. The summed E-state index contributed by atoms with van der Waals surface area (Å²) in [7, 11) is 0. The fraction of sp³-hybridized carbons (Fsp3) is 0.333. The molecule has 1 unspecified atom stereocenters. The molecule has 1 aliphatic heterocycles. The zero-order chi connectivity index (χ0) is 19.7. The number of amides is 1. The normalized spacial score (nSPS) is 23.8. The minimum Gasteiger partial charge on any atom is -0.382 e. The van der Waals surface area contributed by atoms with Gasteiger partial charge in [-0.2, -0.15) is 5.26 Å². The molecule has 28 heavy (non-hydrogen) atoms. The van der Waals surface area contributed by atoms with Gasteiger partial charge in [0.05, 0.1) is 24.3 Å². The van der Waals surface area contributed by atoms with Crippen molar-refractivity contribution >= 4 is 11.6 Å². The Morgan fingerprint density at radius 3 is 2.75 bits per heavy atom. The van der Waals surface area contributed by atoms with E-state index in [1.165, 1.54) is 29.3 Å². The van der Waals surface area contributed by atoms with Gasteiger partial charge < -0.3 is 5.32 Å². The van der Waals surface area contributed by atoms with E-state index in [4.69, 9.17) is 10.1 Å². The average molecular weight is 383 g/mol. The third kappa shape index (κ3) is 3.69. The van der Waals surface area contributed by atoms with Crippen LogP contribution in [0.3, 0.4) is 0 Å². The maximum atomic E-state index is 13.5. The van der Waals surface area contributed by atoms with Gasteiger partial charge in [-0.25, -0.2) is 13.8 Å². The molecule has 2 aliphatic rings. The number of nitrogens with zero attached hydrogens (tertiary/aromatic N) is 2. The molecule has 1 N–H and O–H groups in total. The van der Waals surface area contributed by atoms with E-state index in [1.54, 1.807) is 18.2 Å². The van der Waals surface area contributed by atoms with Crippen LogP contribution in [-0.2, 0) is 9.63 Å². The SMILES string of the molecule is N#Cc1cc(F)cc(NC2CC(C(=O)N3OCCC3c3cccc(F)c3)C2)c1. The number of rotatable bonds is 4. The smallest absolute Gasteiger partial charge is 0.249 e. The van der Waals surface area contributed by atoms with E-state index in [9.17, 15) is 13.6 Å². The first-order chi connectivity index (χ1) is 13.5. The second-order valence-corrected chi connectivity index (χ2v) is 7.21. The van der Waals surface area contributed by atoms with Crippen LogP contribution in [0.1, 0.15) is 36.4 Å². The number of hydroxylamine groups is 2. The minimum absolute atomic E-state index is 0.0255. The Kier molecular flexibility index (Phi) is 4.97. The maximum Gasteiger partial charge on any atom is 0.249 e. The van der Waals surface area contributed by atoms with Crippen LogP contribution < -0.4 is 5.32 Å². The second-order valence-electron chi connectivity index (χ2n) is 7.21. The van der Waals surface area contributed by atoms with Gasteiger partial charge >= 0.3 is 0 Å². The molecule has 0 aromatic heterocycles. The van der Waals surface area contributed by atoms with Crippen LogP contribution in [0.4, 0.5) is 14.5 Å². The van der Waals surface area contributed by atoms with Gasteiger partial charge in [-0.05, 0) is 48.7 Å². The molecule has 1 saturated carbocycles. The molecule has 144 valence electrons. The number of hydrogen-bond acceptors (Lipinski definition) is 4. The first-order valence-electron chi connectivity index (χ1n) is 9.22. The van der Waals surface area contributed by atoms with E-state index in [-0.39, 0.29) is 35.3 Å². The van der Waals surface area contributed by atoms with E-state index in [1.807, 2.05) is 6.07 Å². The molecule has 4 rings (SSSR count). The standard InChI is InChI=1S/C21H19F2N3O2/c22-16-3-1-2-14(8-16)20-4-5-28-26(20)21(27)15-9-19(10-15)25-18-7-13(12-24)6-17(23)11-18/h1-3,6-8,11,15,19-20,25H,4-5,9-10H2. The molecule has 0 spiro atoms. The number of anilines is 1. The lowest BCUT2D eigenvalue weighted by Crippen LogP contribution is -2.45. The van der Waals surface area contributed by atoms with Gasteiger partial charge in [-0.3, -0.25) is 9.63 Å². The number of hydrogen-bond donors (Lipinski definition) is 1. The Morgan fingerprint density at radius 1 is 1.18 bits per heavy atom. The molecular formula is C21H19F2N3O2. The third-order valence-electron chi connectivity index (χ3n) is 5.24. The van der Waals surface area contributed by atoms with Crippen molar-refractivity contribution in [3.05, 3.63) is 65.2 Å². The largest absolute Gasteiger partial charge is 0.382 e. The summed E-state index contributed by atoms with van der Waals surface area (Å²) in [4.78, 5) is 18.4. The molecule has 1 atom stereocenters. The maximum absolute atomic E-state index is 13.5. The van der Waals surface area contributed by atoms with Crippen LogP contribution in [0.25, 0.3) is 0 Å². The minimum atomic E-state index is -0.475. The topological polar surface area (TPSA) is 65.4 Å². The number of halogens is 2. The molecule has 1 aliphatic carbocycles. The van der Waals surface area contributed by atoms with E-state index in [0.717, 1.165) is 5.56 Å². The van der Waals surface area contributed by atoms with Gasteiger partial charge in [0.15, 0.2) is 0 Å². The Morgan fingerprint density at radius 2 is 2.00 bits per heavy atom. The number of carbonyl (C=O) groups is 1. The van der Waals surface area contributed by atoms with Crippen LogP contribution in [0.15, 0.2) is 42.5 Å². The van der Waals surface area contributed by atoms with E-state index in [0.29, 0.717) is 31.6 Å². The highest BCUT2D eigenvalue weighted by Gasteiger charge is 2.41. The first-order valence-corrected chi connectivity index (χ1v) is 9.22. The lowest BCUT2D eigenvalue weighted by atomic mass is 9.79. The average Bonchev–Trinajstić information content (AvgIpc) is 3.13. The number of nitriles is 1. The van der Waals surface area contributed by atoms with Crippen molar-refractivity contribution in [3.63, 3.8) is 0 Å². The lowest BCUT2D eigenvalue weighted by Gasteiger charge is -2.38. The number of nitrogens with one attached hydrogen (secondary N) is 1. The lowest BCUT2D eigenvalue weighted by molar-refractivity contribution is -0.184. The summed E-state index contributed by atoms with van der Waals surface area (Å²) in [6.07, 6.45) is 1.81. The summed E-state index contributed by atoms with van der Waals surface area (Å²) in [6.45, 7) is 0.418. The summed E-state index contributed by atoms with van der Waals surface area (Å²) in [6, 6.07) is 12.0. The molecule has 2 aromatic rings. The van der Waals surface area contributed by atoms with Gasteiger partial charge in [0.1, 0.15) is 11.6 Å². The van der Waals surface area contributed by atoms with Crippen LogP contribution in [0.5, 0.6) is 0 Å². The van der Waals surface area contributed by atoms with Crippen LogP contribution in [0, 0.1) is 28.9 Å². The summed E-state index contributed by atoms with van der Waals surface area (Å²) >= 11 is 0. The molecule has 2 aromatic carbocycles. The summed E-state index contributed by atoms with van der Waals surface area (Å²) < 4.78 is 27.1. The van der Waals surface area contributed by atoms with Gasteiger partial charge in [-0.15, -0.1) is 0 Å². The molecule has 7 heteroatoms. The third-order valence-corrected chi connectivity index (χ3v) is 5.24. The molecule has 2 fully saturated rings. The van der Waals surface area contributed by atoms with Gasteiger partial charge in [0, 0.05) is 24.1 Å². The molecule has 5 nitrogen and oxygen atoms in total. The summed E-state index contributed by atoms with van der Waals surface area (Å²) in [5.41, 5.74) is 1.50. The molecule has 0 bridgehead atoms.